The first-order valence-corrected chi connectivity index (χ1v) is 9.65. The number of halogens is 1. The van der Waals surface area contributed by atoms with Crippen LogP contribution in [0.5, 0.6) is 0 Å². The van der Waals surface area contributed by atoms with Gasteiger partial charge in [-0.2, -0.15) is 0 Å². The third-order valence-electron chi connectivity index (χ3n) is 5.04. The van der Waals surface area contributed by atoms with Crippen LogP contribution in [0.15, 0.2) is 48.5 Å². The Morgan fingerprint density at radius 3 is 2.72 bits per heavy atom. The second kappa shape index (κ2) is 9.91. The molecule has 1 aliphatic rings. The number of carbonyl (C=O) groups excluding carboxylic acids is 2. The predicted octanol–water partition coefficient (Wildman–Crippen LogP) is 3.76. The number of anilines is 1. The topological polar surface area (TPSA) is 67.9 Å². The zero-order valence-corrected chi connectivity index (χ0v) is 16.4. The van der Waals surface area contributed by atoms with E-state index in [0.29, 0.717) is 24.7 Å². The maximum absolute atomic E-state index is 14.1. The van der Waals surface area contributed by atoms with Crippen molar-refractivity contribution in [2.45, 2.75) is 19.4 Å². The number of benzene rings is 2. The summed E-state index contributed by atoms with van der Waals surface area (Å²) in [6.07, 6.45) is 1.24. The summed E-state index contributed by atoms with van der Waals surface area (Å²) in [5.41, 5.74) is 1.46. The summed E-state index contributed by atoms with van der Waals surface area (Å²) in [6.45, 7) is 2.14. The Bertz CT molecular complexity index is 844. The minimum absolute atomic E-state index is 0.0294. The van der Waals surface area contributed by atoms with Crippen LogP contribution in [-0.2, 0) is 16.1 Å². The van der Waals surface area contributed by atoms with E-state index in [1.807, 2.05) is 35.2 Å². The van der Waals surface area contributed by atoms with Crippen molar-refractivity contribution in [1.82, 2.24) is 5.32 Å². The zero-order chi connectivity index (χ0) is 20.6. The van der Waals surface area contributed by atoms with Crippen LogP contribution in [0.3, 0.4) is 0 Å². The van der Waals surface area contributed by atoms with Crippen LogP contribution in [0.4, 0.5) is 14.9 Å². The standard InChI is InChI=1S/C22H25FN2O4/c1-28-21(26)20-18(23)8-5-9-19(20)25-13-11-16(14-25)10-12-24-22(27)29-15-17-6-3-2-4-7-17/h2-9,16H,10-15H2,1H3,(H,24,27). The van der Waals surface area contributed by atoms with Gasteiger partial charge in [-0.1, -0.05) is 36.4 Å². The van der Waals surface area contributed by atoms with E-state index in [2.05, 4.69) is 5.32 Å². The molecular weight excluding hydrogens is 375 g/mol. The molecule has 1 unspecified atom stereocenters. The Kier molecular flexibility index (Phi) is 7.05. The van der Waals surface area contributed by atoms with E-state index in [0.717, 1.165) is 24.9 Å². The van der Waals surface area contributed by atoms with Gasteiger partial charge in [0.05, 0.1) is 12.8 Å². The zero-order valence-electron chi connectivity index (χ0n) is 16.4. The number of nitrogens with zero attached hydrogens (tertiary/aromatic N) is 1. The molecule has 0 aliphatic carbocycles. The van der Waals surface area contributed by atoms with Crippen LogP contribution >= 0.6 is 0 Å². The highest BCUT2D eigenvalue weighted by Crippen LogP contribution is 2.30. The van der Waals surface area contributed by atoms with Gasteiger partial charge >= 0.3 is 12.1 Å². The first-order chi connectivity index (χ1) is 14.1. The molecule has 0 bridgehead atoms. The van der Waals surface area contributed by atoms with Gasteiger partial charge in [-0.3, -0.25) is 0 Å². The van der Waals surface area contributed by atoms with Gasteiger partial charge in [-0.25, -0.2) is 14.0 Å². The maximum Gasteiger partial charge on any atom is 0.407 e. The molecule has 7 heteroatoms. The van der Waals surface area contributed by atoms with Crippen LogP contribution in [0.1, 0.15) is 28.8 Å². The average Bonchev–Trinajstić information content (AvgIpc) is 3.21. The number of rotatable bonds is 7. The van der Waals surface area contributed by atoms with Crippen LogP contribution < -0.4 is 10.2 Å². The Labute approximate surface area is 169 Å². The summed E-state index contributed by atoms with van der Waals surface area (Å²) in [4.78, 5) is 25.8. The molecule has 1 amide bonds. The molecule has 1 saturated heterocycles. The van der Waals surface area contributed by atoms with Gasteiger partial charge in [-0.15, -0.1) is 0 Å². The highest BCUT2D eigenvalue weighted by atomic mass is 19.1. The molecule has 1 fully saturated rings. The summed E-state index contributed by atoms with van der Waals surface area (Å²) >= 11 is 0. The van der Waals surface area contributed by atoms with Crippen molar-refractivity contribution in [2.24, 2.45) is 5.92 Å². The number of esters is 1. The van der Waals surface area contributed by atoms with Crippen LogP contribution in [-0.4, -0.2) is 38.8 Å². The van der Waals surface area contributed by atoms with Crippen LogP contribution in [0, 0.1) is 11.7 Å². The Morgan fingerprint density at radius 2 is 1.97 bits per heavy atom. The SMILES string of the molecule is COC(=O)c1c(F)cccc1N1CCC(CCNC(=O)OCc2ccccc2)C1. The summed E-state index contributed by atoms with van der Waals surface area (Å²) in [5.74, 6) is -0.928. The lowest BCUT2D eigenvalue weighted by molar-refractivity contribution is 0.0596. The molecular formula is C22H25FN2O4. The summed E-state index contributed by atoms with van der Waals surface area (Å²) < 4.78 is 24.1. The number of nitrogens with one attached hydrogen (secondary N) is 1. The van der Waals surface area contributed by atoms with Crippen molar-refractivity contribution >= 4 is 17.7 Å². The molecule has 0 aromatic heterocycles. The van der Waals surface area contributed by atoms with Gasteiger partial charge < -0.3 is 19.7 Å². The lowest BCUT2D eigenvalue weighted by Crippen LogP contribution is -2.28. The fraction of sp³-hybridized carbons (Fsp3) is 0.364. The van der Waals surface area contributed by atoms with E-state index in [4.69, 9.17) is 9.47 Å². The second-order valence-corrected chi connectivity index (χ2v) is 7.00. The van der Waals surface area contributed by atoms with Crippen molar-refractivity contribution in [3.8, 4) is 0 Å². The van der Waals surface area contributed by atoms with Crippen LogP contribution in [0.2, 0.25) is 0 Å². The van der Waals surface area contributed by atoms with Gasteiger partial charge in [0.25, 0.3) is 0 Å². The predicted molar refractivity (Wildman–Crippen MR) is 107 cm³/mol. The summed E-state index contributed by atoms with van der Waals surface area (Å²) in [5, 5.41) is 2.77. The molecule has 0 radical (unpaired) electrons. The third kappa shape index (κ3) is 5.47. The van der Waals surface area contributed by atoms with Crippen molar-refractivity contribution in [3.05, 3.63) is 65.5 Å². The Hall–Kier alpha value is -3.09. The van der Waals surface area contributed by atoms with Crippen LogP contribution in [0.25, 0.3) is 0 Å². The molecule has 0 saturated carbocycles. The number of alkyl carbamates (subject to hydrolysis) is 1. The normalized spacial score (nSPS) is 15.8. The smallest absolute Gasteiger partial charge is 0.407 e. The minimum atomic E-state index is -0.677. The van der Waals surface area contributed by atoms with Gasteiger partial charge in [0.15, 0.2) is 0 Å². The van der Waals surface area contributed by atoms with E-state index in [1.54, 1.807) is 12.1 Å². The Balaban J connectivity index is 1.45. The highest BCUT2D eigenvalue weighted by molar-refractivity contribution is 5.96. The lowest BCUT2D eigenvalue weighted by atomic mass is 10.1. The lowest BCUT2D eigenvalue weighted by Gasteiger charge is -2.21. The quantitative estimate of drug-likeness (QED) is 0.717. The molecule has 1 atom stereocenters. The van der Waals surface area contributed by atoms with Gasteiger partial charge in [-0.05, 0) is 36.5 Å². The van der Waals surface area contributed by atoms with E-state index in [-0.39, 0.29) is 12.2 Å². The molecule has 0 spiro atoms. The summed E-state index contributed by atoms with van der Waals surface area (Å²) in [7, 11) is 1.24. The molecule has 2 aromatic rings. The number of methoxy groups -OCH3 is 1. The number of hydrogen-bond donors (Lipinski definition) is 1. The number of ether oxygens (including phenoxy) is 2. The molecule has 1 heterocycles. The van der Waals surface area contributed by atoms with Crippen molar-refractivity contribution < 1.29 is 23.5 Å². The largest absolute Gasteiger partial charge is 0.465 e. The monoisotopic (exact) mass is 400 g/mol. The maximum atomic E-state index is 14.1. The molecule has 3 rings (SSSR count). The molecule has 29 heavy (non-hydrogen) atoms. The Morgan fingerprint density at radius 1 is 1.17 bits per heavy atom. The van der Waals surface area contributed by atoms with Crippen molar-refractivity contribution in [2.75, 3.05) is 31.6 Å². The molecule has 1 N–H and O–H groups in total. The molecule has 2 aromatic carbocycles. The summed E-state index contributed by atoms with van der Waals surface area (Å²) in [6, 6.07) is 14.1. The van der Waals surface area contributed by atoms with E-state index in [1.165, 1.54) is 13.2 Å². The third-order valence-corrected chi connectivity index (χ3v) is 5.04. The van der Waals surface area contributed by atoms with E-state index >= 15 is 0 Å². The van der Waals surface area contributed by atoms with Crippen molar-refractivity contribution in [3.63, 3.8) is 0 Å². The van der Waals surface area contributed by atoms with Crippen molar-refractivity contribution in [1.29, 1.82) is 0 Å². The fourth-order valence-corrected chi connectivity index (χ4v) is 3.52. The highest BCUT2D eigenvalue weighted by Gasteiger charge is 2.27. The fourth-order valence-electron chi connectivity index (χ4n) is 3.52. The number of hydrogen-bond acceptors (Lipinski definition) is 5. The van der Waals surface area contributed by atoms with Gasteiger partial charge in [0.1, 0.15) is 18.0 Å². The van der Waals surface area contributed by atoms with E-state index < -0.39 is 17.9 Å². The molecule has 1 aliphatic heterocycles. The molecule has 154 valence electrons. The second-order valence-electron chi connectivity index (χ2n) is 7.00. The first-order valence-electron chi connectivity index (χ1n) is 9.65. The first kappa shape index (κ1) is 20.6. The number of carbonyl (C=O) groups is 2. The van der Waals surface area contributed by atoms with Gasteiger partial charge in [0.2, 0.25) is 0 Å². The molecule has 6 nitrogen and oxygen atoms in total. The minimum Gasteiger partial charge on any atom is -0.465 e. The van der Waals surface area contributed by atoms with E-state index in [9.17, 15) is 14.0 Å². The number of amides is 1. The van der Waals surface area contributed by atoms with Gasteiger partial charge in [0, 0.05) is 19.6 Å². The average molecular weight is 400 g/mol.